The Bertz CT molecular complexity index is 1740. The van der Waals surface area contributed by atoms with Gasteiger partial charge in [0.15, 0.2) is 11.5 Å². The van der Waals surface area contributed by atoms with Gasteiger partial charge in [0.25, 0.3) is 0 Å². The van der Waals surface area contributed by atoms with Crippen LogP contribution in [0.3, 0.4) is 0 Å². The average Bonchev–Trinajstić information content (AvgIpc) is 3.03. The summed E-state index contributed by atoms with van der Waals surface area (Å²) in [5.74, 6) is 1.68. The highest BCUT2D eigenvalue weighted by Gasteiger charge is 2.32. The van der Waals surface area contributed by atoms with Gasteiger partial charge in [0.1, 0.15) is 35.5 Å². The molecule has 0 bridgehead atoms. The van der Waals surface area contributed by atoms with Gasteiger partial charge in [-0.05, 0) is 78.6 Å². The summed E-state index contributed by atoms with van der Waals surface area (Å²) in [4.78, 5) is 12.9. The van der Waals surface area contributed by atoms with Crippen LogP contribution in [0.25, 0.3) is 0 Å². The fraction of sp³-hybridized carbons (Fsp3) is 0.222. The van der Waals surface area contributed by atoms with E-state index in [1.54, 1.807) is 42.5 Å². The van der Waals surface area contributed by atoms with Crippen molar-refractivity contribution in [1.82, 2.24) is 0 Å². The van der Waals surface area contributed by atoms with Gasteiger partial charge in [0.05, 0.1) is 24.7 Å². The molecule has 2 N–H and O–H groups in total. The molecule has 45 heavy (non-hydrogen) atoms. The normalized spacial score (nSPS) is 13.8. The predicted octanol–water partition coefficient (Wildman–Crippen LogP) is 7.79. The van der Waals surface area contributed by atoms with Crippen molar-refractivity contribution in [2.24, 2.45) is 11.7 Å². The highest BCUT2D eigenvalue weighted by atomic mass is 35.5. The highest BCUT2D eigenvalue weighted by Crippen LogP contribution is 2.45. The minimum Gasteiger partial charge on any atom is -0.493 e. The smallest absolute Gasteiger partial charge is 0.343 e. The fourth-order valence-electron chi connectivity index (χ4n) is 4.79. The van der Waals surface area contributed by atoms with Crippen LogP contribution in [0.2, 0.25) is 5.02 Å². The van der Waals surface area contributed by atoms with Gasteiger partial charge < -0.3 is 29.4 Å². The first-order valence-electron chi connectivity index (χ1n) is 14.6. The summed E-state index contributed by atoms with van der Waals surface area (Å²) in [6, 6.07) is 26.9. The molecule has 1 atom stereocenters. The van der Waals surface area contributed by atoms with Gasteiger partial charge in [-0.3, -0.25) is 0 Å². The number of nitrogens with zero attached hydrogens (tertiary/aromatic N) is 1. The largest absolute Gasteiger partial charge is 0.493 e. The summed E-state index contributed by atoms with van der Waals surface area (Å²) in [5.41, 5.74) is 9.25. The third kappa shape index (κ3) is 7.51. The molecule has 1 heterocycles. The van der Waals surface area contributed by atoms with Gasteiger partial charge in [-0.1, -0.05) is 49.7 Å². The molecule has 0 spiro atoms. The van der Waals surface area contributed by atoms with E-state index in [9.17, 15) is 10.1 Å². The number of nitrogens with two attached hydrogens (primary N) is 1. The molecule has 4 aromatic rings. The van der Waals surface area contributed by atoms with E-state index in [-0.39, 0.29) is 17.2 Å². The summed E-state index contributed by atoms with van der Waals surface area (Å²) in [5, 5.41) is 10.7. The van der Waals surface area contributed by atoms with Crippen LogP contribution in [0.15, 0.2) is 96.4 Å². The van der Waals surface area contributed by atoms with Gasteiger partial charge in [0.2, 0.25) is 5.88 Å². The van der Waals surface area contributed by atoms with Gasteiger partial charge in [-0.25, -0.2) is 4.79 Å². The molecule has 0 fully saturated rings. The van der Waals surface area contributed by atoms with Crippen molar-refractivity contribution < 1.29 is 28.5 Å². The monoisotopic (exact) mass is 624 g/mol. The van der Waals surface area contributed by atoms with E-state index in [1.807, 2.05) is 49.4 Å². The summed E-state index contributed by atoms with van der Waals surface area (Å²) in [6.07, 6.45) is 0. The zero-order valence-electron chi connectivity index (χ0n) is 25.2. The molecule has 0 radical (unpaired) electrons. The molecule has 0 aromatic heterocycles. The maximum absolute atomic E-state index is 12.9. The number of benzene rings is 4. The van der Waals surface area contributed by atoms with Crippen molar-refractivity contribution >= 4 is 17.6 Å². The van der Waals surface area contributed by atoms with Crippen molar-refractivity contribution in [3.63, 3.8) is 0 Å². The first-order chi connectivity index (χ1) is 21.7. The van der Waals surface area contributed by atoms with Crippen LogP contribution in [0, 0.1) is 17.2 Å². The standard InChI is InChI=1S/C36H33ClN2O6/c1-4-41-33-17-25(9-16-31(33)43-21-23-5-10-26(37)11-6-23)34-29-15-14-28(18-32(29)45-35(39)30(34)19-38)44-36(40)24-7-12-27(13-8-24)42-20-22(2)3/h5-18,22,34H,4,20-21,39H2,1-3H3. The Morgan fingerprint density at radius 3 is 2.36 bits per heavy atom. The number of rotatable bonds is 11. The number of carbonyl (C=O) groups is 1. The van der Waals surface area contributed by atoms with E-state index in [0.717, 1.165) is 11.1 Å². The van der Waals surface area contributed by atoms with Crippen LogP contribution >= 0.6 is 11.6 Å². The van der Waals surface area contributed by atoms with Crippen LogP contribution in [0.4, 0.5) is 0 Å². The molecule has 0 aliphatic carbocycles. The molecule has 0 saturated heterocycles. The lowest BCUT2D eigenvalue weighted by molar-refractivity contribution is 0.0734. The predicted molar refractivity (Wildman–Crippen MR) is 171 cm³/mol. The number of carbonyl (C=O) groups excluding carboxylic acids is 1. The highest BCUT2D eigenvalue weighted by molar-refractivity contribution is 6.30. The Labute approximate surface area is 267 Å². The Morgan fingerprint density at radius 1 is 0.933 bits per heavy atom. The number of allylic oxidation sites excluding steroid dienone is 1. The Hall–Kier alpha value is -5.13. The number of hydrogen-bond donors (Lipinski definition) is 1. The summed E-state index contributed by atoms with van der Waals surface area (Å²) in [7, 11) is 0. The van der Waals surface area contributed by atoms with Crippen LogP contribution in [-0.2, 0) is 6.61 Å². The van der Waals surface area contributed by atoms with Gasteiger partial charge >= 0.3 is 5.97 Å². The van der Waals surface area contributed by atoms with Crippen molar-refractivity contribution in [1.29, 1.82) is 5.26 Å². The maximum atomic E-state index is 12.9. The lowest BCUT2D eigenvalue weighted by Gasteiger charge is -2.27. The van der Waals surface area contributed by atoms with Crippen LogP contribution in [0.1, 0.15) is 53.7 Å². The first kappa shape index (κ1) is 31.3. The number of nitriles is 1. The number of hydrogen-bond acceptors (Lipinski definition) is 8. The summed E-state index contributed by atoms with van der Waals surface area (Å²) in [6.45, 7) is 7.33. The van der Waals surface area contributed by atoms with Gasteiger partial charge in [-0.2, -0.15) is 5.26 Å². The SMILES string of the molecule is CCOc1cc(C2C(C#N)=C(N)Oc3cc(OC(=O)c4ccc(OCC(C)C)cc4)ccc32)ccc1OCc1ccc(Cl)cc1. The van der Waals surface area contributed by atoms with E-state index >= 15 is 0 Å². The minimum absolute atomic E-state index is 0.0310. The fourth-order valence-corrected chi connectivity index (χ4v) is 4.92. The molecule has 4 aromatic carbocycles. The quantitative estimate of drug-likeness (QED) is 0.133. The Morgan fingerprint density at radius 2 is 1.67 bits per heavy atom. The molecule has 230 valence electrons. The van der Waals surface area contributed by atoms with E-state index < -0.39 is 11.9 Å². The number of esters is 1. The zero-order chi connectivity index (χ0) is 31.9. The Balaban J connectivity index is 1.38. The molecule has 1 aliphatic heterocycles. The van der Waals surface area contributed by atoms with Crippen molar-refractivity contribution in [2.45, 2.75) is 33.3 Å². The van der Waals surface area contributed by atoms with Crippen molar-refractivity contribution in [2.75, 3.05) is 13.2 Å². The van der Waals surface area contributed by atoms with Gasteiger partial charge in [-0.15, -0.1) is 0 Å². The summed E-state index contributed by atoms with van der Waals surface area (Å²) < 4.78 is 29.2. The first-order valence-corrected chi connectivity index (χ1v) is 14.9. The lowest BCUT2D eigenvalue weighted by Crippen LogP contribution is -2.21. The molecule has 1 unspecified atom stereocenters. The maximum Gasteiger partial charge on any atom is 0.343 e. The molecular weight excluding hydrogens is 592 g/mol. The third-order valence-corrected chi connectivity index (χ3v) is 7.23. The van der Waals surface area contributed by atoms with E-state index in [2.05, 4.69) is 19.9 Å². The average molecular weight is 625 g/mol. The van der Waals surface area contributed by atoms with E-state index in [1.165, 1.54) is 0 Å². The molecule has 9 heteroatoms. The Kier molecular flexibility index (Phi) is 9.81. The lowest BCUT2D eigenvalue weighted by atomic mass is 9.83. The van der Waals surface area contributed by atoms with Gasteiger partial charge in [0, 0.05) is 16.7 Å². The molecule has 0 saturated carbocycles. The topological polar surface area (TPSA) is 113 Å². The summed E-state index contributed by atoms with van der Waals surface area (Å²) >= 11 is 6.00. The van der Waals surface area contributed by atoms with E-state index in [4.69, 9.17) is 41.0 Å². The second-order valence-electron chi connectivity index (χ2n) is 10.8. The van der Waals surface area contributed by atoms with Crippen LogP contribution in [-0.4, -0.2) is 19.2 Å². The molecule has 1 aliphatic rings. The minimum atomic E-state index is -0.550. The van der Waals surface area contributed by atoms with Crippen LogP contribution < -0.4 is 29.4 Å². The number of fused-ring (bicyclic) bond motifs is 1. The molecule has 0 amide bonds. The second kappa shape index (κ2) is 14.1. The molecular formula is C36H33ClN2O6. The zero-order valence-corrected chi connectivity index (χ0v) is 26.0. The van der Waals surface area contributed by atoms with Crippen molar-refractivity contribution in [3.05, 3.63) is 124 Å². The number of halogens is 1. The van der Waals surface area contributed by atoms with Crippen LogP contribution in [0.5, 0.6) is 28.7 Å². The van der Waals surface area contributed by atoms with Crippen molar-refractivity contribution in [3.8, 4) is 34.8 Å². The van der Waals surface area contributed by atoms with E-state index in [0.29, 0.717) is 64.9 Å². The third-order valence-electron chi connectivity index (χ3n) is 6.98. The molecule has 5 rings (SSSR count). The number of ether oxygens (including phenoxy) is 5. The molecule has 8 nitrogen and oxygen atoms in total. The second-order valence-corrected chi connectivity index (χ2v) is 11.2.